The number of anilines is 1. The summed E-state index contributed by atoms with van der Waals surface area (Å²) in [7, 11) is 0. The van der Waals surface area contributed by atoms with Gasteiger partial charge in [0.05, 0.1) is 18.4 Å². The van der Waals surface area contributed by atoms with Crippen LogP contribution in [0.3, 0.4) is 0 Å². The predicted molar refractivity (Wildman–Crippen MR) is 129 cm³/mol. The van der Waals surface area contributed by atoms with E-state index >= 15 is 0 Å². The predicted octanol–water partition coefficient (Wildman–Crippen LogP) is 6.14. The highest BCUT2D eigenvalue weighted by atomic mass is 35.5. The highest BCUT2D eigenvalue weighted by Gasteiger charge is 2.22. The Morgan fingerprint density at radius 3 is 2.60 bits per heavy atom. The lowest BCUT2D eigenvalue weighted by molar-refractivity contribution is 0.102. The first kappa shape index (κ1) is 22.9. The highest BCUT2D eigenvalue weighted by Crippen LogP contribution is 2.27. The molecule has 5 rings (SSSR count). The summed E-state index contributed by atoms with van der Waals surface area (Å²) >= 11 is 12.2. The molecule has 2 aromatic carbocycles. The summed E-state index contributed by atoms with van der Waals surface area (Å²) in [5.74, 6) is -0.305. The smallest absolute Gasteiger partial charge is 0.280 e. The molecule has 1 N–H and O–H groups in total. The molecule has 7 nitrogen and oxygen atoms in total. The van der Waals surface area contributed by atoms with Crippen LogP contribution in [0.1, 0.15) is 28.0 Å². The molecule has 0 atom stereocenters. The minimum atomic E-state index is -2.81. The Bertz CT molecular complexity index is 1530. The molecule has 3 heterocycles. The van der Waals surface area contributed by atoms with Crippen LogP contribution in [-0.2, 0) is 6.54 Å². The Labute approximate surface area is 207 Å². The number of halogens is 4. The van der Waals surface area contributed by atoms with Gasteiger partial charge in [-0.2, -0.15) is 10.2 Å². The second-order valence-electron chi connectivity index (χ2n) is 7.62. The monoisotopic (exact) mass is 512 g/mol. The molecule has 11 heteroatoms. The van der Waals surface area contributed by atoms with Gasteiger partial charge in [-0.3, -0.25) is 9.48 Å². The Morgan fingerprint density at radius 2 is 1.86 bits per heavy atom. The third kappa shape index (κ3) is 4.73. The average molecular weight is 513 g/mol. The van der Waals surface area contributed by atoms with Crippen molar-refractivity contribution < 1.29 is 13.6 Å². The third-order valence-electron chi connectivity index (χ3n) is 5.27. The second-order valence-corrected chi connectivity index (χ2v) is 8.46. The zero-order chi connectivity index (χ0) is 24.5. The molecule has 0 bridgehead atoms. The van der Waals surface area contributed by atoms with Crippen LogP contribution in [0.2, 0.25) is 10.0 Å². The summed E-state index contributed by atoms with van der Waals surface area (Å²) in [6.45, 7) is 0.363. The summed E-state index contributed by atoms with van der Waals surface area (Å²) in [5.41, 5.74) is 1.46. The van der Waals surface area contributed by atoms with Gasteiger partial charge in [0, 0.05) is 27.9 Å². The molecule has 0 saturated carbocycles. The Kier molecular flexibility index (Phi) is 6.19. The number of hydrogen-bond acceptors (Lipinski definition) is 4. The maximum Gasteiger partial charge on any atom is 0.280 e. The maximum atomic E-state index is 13.8. The standard InChI is InChI=1S/C24H16Cl2F2N6O/c25-16-7-6-15(18(26)10-16)13-33-9-8-21(32-33)31-24(35)17-12-29-34-20(22(27)28)11-19(30-23(17)34)14-4-2-1-3-5-14/h1-12,22H,13H2,(H,31,32,35). The Morgan fingerprint density at radius 1 is 1.06 bits per heavy atom. The van der Waals surface area contributed by atoms with E-state index in [2.05, 4.69) is 20.5 Å². The number of nitrogens with zero attached hydrogens (tertiary/aromatic N) is 5. The van der Waals surface area contributed by atoms with Crippen molar-refractivity contribution in [3.63, 3.8) is 0 Å². The molecular formula is C24H16Cl2F2N6O. The van der Waals surface area contributed by atoms with E-state index in [-0.39, 0.29) is 22.7 Å². The summed E-state index contributed by atoms with van der Waals surface area (Å²) in [5, 5.41) is 12.0. The summed E-state index contributed by atoms with van der Waals surface area (Å²) < 4.78 is 30.1. The maximum absolute atomic E-state index is 13.8. The van der Waals surface area contributed by atoms with Crippen molar-refractivity contribution in [2.45, 2.75) is 13.0 Å². The SMILES string of the molecule is O=C(Nc1ccn(Cc2ccc(Cl)cc2Cl)n1)c1cnn2c(C(F)F)cc(-c3ccccc3)nc12. The van der Waals surface area contributed by atoms with E-state index in [4.69, 9.17) is 23.2 Å². The van der Waals surface area contributed by atoms with E-state index in [0.29, 0.717) is 27.8 Å². The van der Waals surface area contributed by atoms with Crippen LogP contribution in [-0.4, -0.2) is 30.3 Å². The molecule has 176 valence electrons. The van der Waals surface area contributed by atoms with Gasteiger partial charge >= 0.3 is 0 Å². The molecule has 35 heavy (non-hydrogen) atoms. The lowest BCUT2D eigenvalue weighted by Gasteiger charge is -2.08. The van der Waals surface area contributed by atoms with Gasteiger partial charge in [-0.25, -0.2) is 18.3 Å². The number of hydrogen-bond donors (Lipinski definition) is 1. The minimum Gasteiger partial charge on any atom is -0.305 e. The van der Waals surface area contributed by atoms with Gasteiger partial charge in [0.15, 0.2) is 11.5 Å². The zero-order valence-electron chi connectivity index (χ0n) is 17.9. The molecule has 0 saturated heterocycles. The number of amides is 1. The number of carbonyl (C=O) groups excluding carboxylic acids is 1. The number of nitrogens with one attached hydrogen (secondary N) is 1. The van der Waals surface area contributed by atoms with Gasteiger partial charge < -0.3 is 5.32 Å². The minimum absolute atomic E-state index is 0.0199. The van der Waals surface area contributed by atoms with Crippen molar-refractivity contribution in [1.29, 1.82) is 0 Å². The van der Waals surface area contributed by atoms with Crippen LogP contribution in [0.5, 0.6) is 0 Å². The normalized spacial score (nSPS) is 11.3. The average Bonchev–Trinajstić information content (AvgIpc) is 3.47. The van der Waals surface area contributed by atoms with Crippen LogP contribution < -0.4 is 5.32 Å². The van der Waals surface area contributed by atoms with E-state index < -0.39 is 12.3 Å². The zero-order valence-corrected chi connectivity index (χ0v) is 19.4. The molecule has 3 aromatic heterocycles. The van der Waals surface area contributed by atoms with Crippen molar-refractivity contribution in [1.82, 2.24) is 24.4 Å². The fourth-order valence-corrected chi connectivity index (χ4v) is 4.05. The summed E-state index contributed by atoms with van der Waals surface area (Å²) in [6, 6.07) is 16.9. The Hall–Kier alpha value is -3.82. The number of alkyl halides is 2. The summed E-state index contributed by atoms with van der Waals surface area (Å²) in [6.07, 6.45) is 0.0780. The van der Waals surface area contributed by atoms with Gasteiger partial charge in [0.1, 0.15) is 11.3 Å². The highest BCUT2D eigenvalue weighted by molar-refractivity contribution is 6.35. The first-order chi connectivity index (χ1) is 16.9. The number of benzene rings is 2. The first-order valence-corrected chi connectivity index (χ1v) is 11.2. The molecule has 0 aliphatic carbocycles. The van der Waals surface area contributed by atoms with Crippen LogP contribution in [0.15, 0.2) is 73.1 Å². The lowest BCUT2D eigenvalue weighted by atomic mass is 10.1. The summed E-state index contributed by atoms with van der Waals surface area (Å²) in [4.78, 5) is 17.4. The molecule has 0 radical (unpaired) electrons. The van der Waals surface area contributed by atoms with E-state index in [0.717, 1.165) is 10.1 Å². The number of aromatic nitrogens is 5. The van der Waals surface area contributed by atoms with Gasteiger partial charge in [-0.15, -0.1) is 0 Å². The van der Waals surface area contributed by atoms with Gasteiger partial charge in [0.25, 0.3) is 12.3 Å². The van der Waals surface area contributed by atoms with Crippen molar-refractivity contribution in [2.75, 3.05) is 5.32 Å². The van der Waals surface area contributed by atoms with Crippen molar-refractivity contribution in [3.05, 3.63) is 99.9 Å². The van der Waals surface area contributed by atoms with Crippen LogP contribution in [0, 0.1) is 0 Å². The molecule has 1 amide bonds. The molecule has 0 fully saturated rings. The van der Waals surface area contributed by atoms with Gasteiger partial charge in [0.2, 0.25) is 0 Å². The fourth-order valence-electron chi connectivity index (χ4n) is 3.58. The van der Waals surface area contributed by atoms with E-state index in [1.807, 2.05) is 6.07 Å². The van der Waals surface area contributed by atoms with Crippen LogP contribution in [0.25, 0.3) is 16.9 Å². The fraction of sp³-hybridized carbons (Fsp3) is 0.0833. The molecule has 0 aliphatic heterocycles. The van der Waals surface area contributed by atoms with E-state index in [1.165, 1.54) is 12.3 Å². The van der Waals surface area contributed by atoms with Gasteiger partial charge in [-0.1, -0.05) is 59.6 Å². The molecular weight excluding hydrogens is 497 g/mol. The molecule has 0 spiro atoms. The Balaban J connectivity index is 1.43. The van der Waals surface area contributed by atoms with E-state index in [9.17, 15) is 13.6 Å². The van der Waals surface area contributed by atoms with Gasteiger partial charge in [-0.05, 0) is 23.8 Å². The number of rotatable bonds is 6. The number of fused-ring (bicyclic) bond motifs is 1. The van der Waals surface area contributed by atoms with Crippen molar-refractivity contribution in [3.8, 4) is 11.3 Å². The number of carbonyl (C=O) groups is 1. The lowest BCUT2D eigenvalue weighted by Crippen LogP contribution is -2.13. The van der Waals surface area contributed by atoms with Crippen LogP contribution >= 0.6 is 23.2 Å². The molecule has 0 unspecified atom stereocenters. The topological polar surface area (TPSA) is 77.1 Å². The molecule has 0 aliphatic rings. The first-order valence-electron chi connectivity index (χ1n) is 10.4. The van der Waals surface area contributed by atoms with E-state index in [1.54, 1.807) is 59.4 Å². The quantitative estimate of drug-likeness (QED) is 0.296. The van der Waals surface area contributed by atoms with Crippen molar-refractivity contribution in [2.24, 2.45) is 0 Å². The van der Waals surface area contributed by atoms with Crippen LogP contribution in [0.4, 0.5) is 14.6 Å². The largest absolute Gasteiger partial charge is 0.305 e. The third-order valence-corrected chi connectivity index (χ3v) is 5.85. The molecule has 5 aromatic rings. The second kappa shape index (κ2) is 9.44. The van der Waals surface area contributed by atoms with Crippen molar-refractivity contribution >= 4 is 40.6 Å².